The van der Waals surface area contributed by atoms with E-state index in [1.165, 1.54) is 24.1 Å². The van der Waals surface area contributed by atoms with Crippen molar-refractivity contribution in [3.63, 3.8) is 0 Å². The van der Waals surface area contributed by atoms with Crippen molar-refractivity contribution in [1.29, 1.82) is 0 Å². The molecular formula is C23H22FN3O6. The molecule has 1 fully saturated rings. The summed E-state index contributed by atoms with van der Waals surface area (Å²) < 4.78 is 24.1. The highest BCUT2D eigenvalue weighted by atomic mass is 19.1. The fourth-order valence-corrected chi connectivity index (χ4v) is 4.06. The third-order valence-corrected chi connectivity index (χ3v) is 5.55. The molecule has 4 rings (SSSR count). The van der Waals surface area contributed by atoms with Gasteiger partial charge in [-0.15, -0.1) is 0 Å². The van der Waals surface area contributed by atoms with Crippen molar-refractivity contribution in [2.24, 2.45) is 0 Å². The first-order chi connectivity index (χ1) is 15.7. The summed E-state index contributed by atoms with van der Waals surface area (Å²) in [6.45, 7) is 1.71. The molecule has 2 aromatic rings. The Morgan fingerprint density at radius 3 is 2.70 bits per heavy atom. The number of piperidine rings is 1. The zero-order valence-electron chi connectivity index (χ0n) is 18.1. The molecular weight excluding hydrogens is 433 g/mol. The predicted molar refractivity (Wildman–Crippen MR) is 114 cm³/mol. The summed E-state index contributed by atoms with van der Waals surface area (Å²) in [6.07, 6.45) is -0.370. The molecule has 0 bridgehead atoms. The number of carbonyl (C=O) groups excluding carboxylic acids is 4. The Bertz CT molecular complexity index is 1140. The van der Waals surface area contributed by atoms with E-state index in [9.17, 15) is 23.6 Å². The maximum atomic E-state index is 13.5. The standard InChI is InChI=1S/C23H22FN3O6/c1-12-5-14(24)9-15(6-12)25-23(31)33-11-13-7-16-17(19(8-13)32-2)10-27(22(16)30)18-3-4-20(28)26-21(18)29/h5-9,18H,3-4,10-11H2,1-2H3,(H,25,31)(H,26,28,29). The lowest BCUT2D eigenvalue weighted by Crippen LogP contribution is -2.52. The molecule has 10 heteroatoms. The number of imide groups is 1. The predicted octanol–water partition coefficient (Wildman–Crippen LogP) is 2.65. The van der Waals surface area contributed by atoms with Gasteiger partial charge in [0.25, 0.3) is 5.91 Å². The van der Waals surface area contributed by atoms with Crippen molar-refractivity contribution < 1.29 is 33.0 Å². The summed E-state index contributed by atoms with van der Waals surface area (Å²) in [5.74, 6) is -1.27. The molecule has 2 N–H and O–H groups in total. The fourth-order valence-electron chi connectivity index (χ4n) is 4.06. The van der Waals surface area contributed by atoms with E-state index in [-0.39, 0.29) is 43.5 Å². The number of fused-ring (bicyclic) bond motifs is 1. The number of rotatable bonds is 5. The van der Waals surface area contributed by atoms with Crippen LogP contribution in [0, 0.1) is 12.7 Å². The molecule has 1 unspecified atom stereocenters. The third kappa shape index (κ3) is 4.64. The van der Waals surface area contributed by atoms with Crippen LogP contribution < -0.4 is 15.4 Å². The van der Waals surface area contributed by atoms with Gasteiger partial charge in [-0.3, -0.25) is 25.0 Å². The van der Waals surface area contributed by atoms with Crippen LogP contribution in [0.15, 0.2) is 30.3 Å². The Balaban J connectivity index is 1.47. The number of halogens is 1. The smallest absolute Gasteiger partial charge is 0.411 e. The van der Waals surface area contributed by atoms with Crippen LogP contribution in [0.5, 0.6) is 5.75 Å². The topological polar surface area (TPSA) is 114 Å². The van der Waals surface area contributed by atoms with Gasteiger partial charge in [0, 0.05) is 23.2 Å². The van der Waals surface area contributed by atoms with E-state index < -0.39 is 23.9 Å². The second-order valence-corrected chi connectivity index (χ2v) is 7.94. The van der Waals surface area contributed by atoms with Crippen LogP contribution in [0.2, 0.25) is 0 Å². The molecule has 2 heterocycles. The van der Waals surface area contributed by atoms with Crippen molar-refractivity contribution >= 4 is 29.5 Å². The molecule has 0 radical (unpaired) electrons. The van der Waals surface area contributed by atoms with Gasteiger partial charge < -0.3 is 14.4 Å². The monoisotopic (exact) mass is 455 g/mol. The average molecular weight is 455 g/mol. The van der Waals surface area contributed by atoms with Crippen LogP contribution in [-0.2, 0) is 27.5 Å². The normalized spacial score (nSPS) is 17.5. The van der Waals surface area contributed by atoms with E-state index in [2.05, 4.69) is 10.6 Å². The average Bonchev–Trinajstić information content (AvgIpc) is 3.07. The second-order valence-electron chi connectivity index (χ2n) is 7.94. The highest BCUT2D eigenvalue weighted by molar-refractivity contribution is 6.05. The Morgan fingerprint density at radius 2 is 2.00 bits per heavy atom. The van der Waals surface area contributed by atoms with Gasteiger partial charge in [0.15, 0.2) is 0 Å². The summed E-state index contributed by atoms with van der Waals surface area (Å²) >= 11 is 0. The van der Waals surface area contributed by atoms with Gasteiger partial charge in [0.2, 0.25) is 11.8 Å². The lowest BCUT2D eigenvalue weighted by Gasteiger charge is -2.29. The van der Waals surface area contributed by atoms with E-state index in [4.69, 9.17) is 9.47 Å². The van der Waals surface area contributed by atoms with Gasteiger partial charge >= 0.3 is 6.09 Å². The number of ether oxygens (including phenoxy) is 2. The number of amides is 4. The minimum atomic E-state index is -0.782. The van der Waals surface area contributed by atoms with Crippen LogP contribution >= 0.6 is 0 Å². The minimum Gasteiger partial charge on any atom is -0.496 e. The molecule has 0 spiro atoms. The molecule has 4 amide bonds. The van der Waals surface area contributed by atoms with Crippen LogP contribution in [0.25, 0.3) is 0 Å². The van der Waals surface area contributed by atoms with E-state index in [0.717, 1.165) is 0 Å². The summed E-state index contributed by atoms with van der Waals surface area (Å²) in [5, 5.41) is 4.72. The zero-order chi connectivity index (χ0) is 23.7. The Hall–Kier alpha value is -3.95. The summed E-state index contributed by atoms with van der Waals surface area (Å²) in [4.78, 5) is 50.3. The number of methoxy groups -OCH3 is 1. The minimum absolute atomic E-state index is 0.157. The molecule has 1 atom stereocenters. The number of nitrogens with zero attached hydrogens (tertiary/aromatic N) is 1. The summed E-state index contributed by atoms with van der Waals surface area (Å²) in [6, 6.07) is 6.61. The van der Waals surface area contributed by atoms with Gasteiger partial charge in [-0.2, -0.15) is 0 Å². The van der Waals surface area contributed by atoms with Gasteiger partial charge in [-0.25, -0.2) is 9.18 Å². The molecule has 172 valence electrons. The highest BCUT2D eigenvalue weighted by Crippen LogP contribution is 2.35. The van der Waals surface area contributed by atoms with Crippen molar-refractivity contribution in [2.75, 3.05) is 12.4 Å². The van der Waals surface area contributed by atoms with Crippen LogP contribution in [0.4, 0.5) is 14.9 Å². The number of hydrogen-bond donors (Lipinski definition) is 2. The molecule has 2 aliphatic heterocycles. The maximum absolute atomic E-state index is 13.5. The molecule has 1 saturated heterocycles. The largest absolute Gasteiger partial charge is 0.496 e. The van der Waals surface area contributed by atoms with Crippen LogP contribution in [0.3, 0.4) is 0 Å². The van der Waals surface area contributed by atoms with Crippen molar-refractivity contribution in [3.8, 4) is 5.75 Å². The van der Waals surface area contributed by atoms with Gasteiger partial charge in [-0.1, -0.05) is 0 Å². The number of hydrogen-bond acceptors (Lipinski definition) is 6. The Kier molecular flexibility index (Phi) is 5.99. The van der Waals surface area contributed by atoms with Gasteiger partial charge in [0.1, 0.15) is 24.2 Å². The quantitative estimate of drug-likeness (QED) is 0.670. The summed E-state index contributed by atoms with van der Waals surface area (Å²) in [5.41, 5.74) is 2.39. The first-order valence-corrected chi connectivity index (χ1v) is 10.3. The van der Waals surface area contributed by atoms with Crippen molar-refractivity contribution in [2.45, 2.75) is 39.0 Å². The number of nitrogens with one attached hydrogen (secondary N) is 2. The van der Waals surface area contributed by atoms with E-state index >= 15 is 0 Å². The molecule has 0 saturated carbocycles. The van der Waals surface area contributed by atoms with E-state index in [1.807, 2.05) is 0 Å². The van der Waals surface area contributed by atoms with Crippen LogP contribution in [0.1, 0.15) is 39.9 Å². The Morgan fingerprint density at radius 1 is 1.21 bits per heavy atom. The molecule has 0 aromatic heterocycles. The highest BCUT2D eigenvalue weighted by Gasteiger charge is 2.40. The number of aryl methyl sites for hydroxylation is 1. The molecule has 0 aliphatic carbocycles. The lowest BCUT2D eigenvalue weighted by atomic mass is 10.0. The second kappa shape index (κ2) is 8.89. The Labute approximate surface area is 188 Å². The van der Waals surface area contributed by atoms with E-state index in [0.29, 0.717) is 28.0 Å². The number of anilines is 1. The van der Waals surface area contributed by atoms with Gasteiger partial charge in [-0.05, 0) is 54.8 Å². The fraction of sp³-hybridized carbons (Fsp3) is 0.304. The molecule has 33 heavy (non-hydrogen) atoms. The third-order valence-electron chi connectivity index (χ3n) is 5.55. The van der Waals surface area contributed by atoms with Crippen molar-refractivity contribution in [1.82, 2.24) is 10.2 Å². The first kappa shape index (κ1) is 22.3. The molecule has 9 nitrogen and oxygen atoms in total. The molecule has 2 aliphatic rings. The zero-order valence-corrected chi connectivity index (χ0v) is 18.1. The van der Waals surface area contributed by atoms with E-state index in [1.54, 1.807) is 25.1 Å². The van der Waals surface area contributed by atoms with Gasteiger partial charge in [0.05, 0.1) is 13.7 Å². The summed E-state index contributed by atoms with van der Waals surface area (Å²) in [7, 11) is 1.46. The lowest BCUT2D eigenvalue weighted by molar-refractivity contribution is -0.136. The van der Waals surface area contributed by atoms with Crippen molar-refractivity contribution in [3.05, 3.63) is 58.4 Å². The first-order valence-electron chi connectivity index (χ1n) is 10.3. The molecule has 2 aromatic carbocycles. The maximum Gasteiger partial charge on any atom is 0.411 e. The van der Waals surface area contributed by atoms with Crippen LogP contribution in [-0.4, -0.2) is 41.9 Å². The number of benzene rings is 2. The number of carbonyl (C=O) groups is 4. The SMILES string of the molecule is COc1cc(COC(=O)Nc2cc(C)cc(F)c2)cc2c1CN(C1CCC(=O)NC1=O)C2=O.